The van der Waals surface area contributed by atoms with Crippen LogP contribution in [0, 0.1) is 11.8 Å². The highest BCUT2D eigenvalue weighted by atomic mass is 16.5. The molecular weight excluding hydrogens is 534 g/mol. The summed E-state index contributed by atoms with van der Waals surface area (Å²) in [7, 11) is 0. The van der Waals surface area contributed by atoms with E-state index in [4.69, 9.17) is 9.47 Å². The average Bonchev–Trinajstić information content (AvgIpc) is 3.42. The Morgan fingerprint density at radius 2 is 1.44 bits per heavy atom. The third kappa shape index (κ3) is 11.8. The Morgan fingerprint density at radius 1 is 0.837 bits per heavy atom. The van der Waals surface area contributed by atoms with E-state index in [9.17, 15) is 9.59 Å². The fourth-order valence-electron chi connectivity index (χ4n) is 4.42. The standard InChI is InChI=1S/C38H47NO4/c1-8-31-15-13-17-33(23-21-31)30(7)20-25-35(10-3)39(34(9-2)24-19-29(6)27-42-37(40)11-4)36-18-14-16-32(22-26-36)28-43-38(41)12-5/h9-12,15-26,29-30H,4-5,8,13-14,27-28H2,1-3,6-7H3/b24-19-,25-20-,34-9+,35-10+. The third-order valence-electron chi connectivity index (χ3n) is 7.05. The molecule has 228 valence electrons. The van der Waals surface area contributed by atoms with E-state index in [0.717, 1.165) is 35.5 Å². The van der Waals surface area contributed by atoms with Gasteiger partial charge in [0, 0.05) is 35.2 Å². The van der Waals surface area contributed by atoms with Gasteiger partial charge >= 0.3 is 11.9 Å². The van der Waals surface area contributed by atoms with Gasteiger partial charge in [-0.15, -0.1) is 0 Å². The second-order valence-electron chi connectivity index (χ2n) is 10.3. The molecule has 0 saturated heterocycles. The van der Waals surface area contributed by atoms with Crippen molar-refractivity contribution in [2.75, 3.05) is 13.2 Å². The van der Waals surface area contributed by atoms with Crippen LogP contribution >= 0.6 is 0 Å². The zero-order chi connectivity index (χ0) is 31.6. The van der Waals surface area contributed by atoms with Crippen LogP contribution in [-0.2, 0) is 19.1 Å². The molecule has 0 aliphatic heterocycles. The number of esters is 2. The molecule has 0 radical (unpaired) electrons. The van der Waals surface area contributed by atoms with Crippen molar-refractivity contribution in [3.05, 3.63) is 144 Å². The Labute approximate surface area is 258 Å². The SMILES string of the molecule is C=CC(=O)OCC1=CCC=C(N(C(/C=C\C(C)COC(=O)C=C)=C/C)C(/C=C\C(C)C2=CCC=C(CC)C=C2)=C/C)C=C1. The van der Waals surface area contributed by atoms with Crippen LogP contribution in [0.4, 0.5) is 0 Å². The molecule has 0 spiro atoms. The van der Waals surface area contributed by atoms with Gasteiger partial charge in [0.05, 0.1) is 6.61 Å². The molecule has 2 unspecified atom stereocenters. The zero-order valence-electron chi connectivity index (χ0n) is 26.4. The summed E-state index contributed by atoms with van der Waals surface area (Å²) in [5.41, 5.74) is 6.53. The van der Waals surface area contributed by atoms with Crippen molar-refractivity contribution in [3.63, 3.8) is 0 Å². The number of carbonyl (C=O) groups excluding carboxylic acids is 2. The van der Waals surface area contributed by atoms with Gasteiger partial charge in [-0.05, 0) is 68.4 Å². The molecule has 0 heterocycles. The highest BCUT2D eigenvalue weighted by Gasteiger charge is 2.16. The van der Waals surface area contributed by atoms with Crippen molar-refractivity contribution < 1.29 is 19.1 Å². The first-order chi connectivity index (χ1) is 20.8. The van der Waals surface area contributed by atoms with Gasteiger partial charge in [0.2, 0.25) is 0 Å². The minimum absolute atomic E-state index is 0.00683. The van der Waals surface area contributed by atoms with Gasteiger partial charge < -0.3 is 14.4 Å². The molecule has 2 aliphatic rings. The maximum atomic E-state index is 11.6. The molecule has 5 heteroatoms. The number of allylic oxidation sites excluding steroid dienone is 14. The van der Waals surface area contributed by atoms with Crippen LogP contribution in [0.3, 0.4) is 0 Å². The number of ether oxygens (including phenoxy) is 2. The van der Waals surface area contributed by atoms with E-state index >= 15 is 0 Å². The monoisotopic (exact) mass is 581 g/mol. The fraction of sp³-hybridized carbons (Fsp3) is 0.316. The molecule has 2 atom stereocenters. The molecule has 2 aliphatic carbocycles. The lowest BCUT2D eigenvalue weighted by atomic mass is 9.98. The fourth-order valence-corrected chi connectivity index (χ4v) is 4.42. The molecule has 0 aromatic rings. The van der Waals surface area contributed by atoms with Crippen LogP contribution in [0.15, 0.2) is 144 Å². The first-order valence-corrected chi connectivity index (χ1v) is 15.0. The smallest absolute Gasteiger partial charge is 0.330 e. The van der Waals surface area contributed by atoms with Crippen LogP contribution in [0.25, 0.3) is 0 Å². The normalized spacial score (nSPS) is 17.2. The molecule has 0 aromatic heterocycles. The lowest BCUT2D eigenvalue weighted by molar-refractivity contribution is -0.138. The maximum absolute atomic E-state index is 11.6. The summed E-state index contributed by atoms with van der Waals surface area (Å²) >= 11 is 0. The van der Waals surface area contributed by atoms with Crippen molar-refractivity contribution in [2.45, 2.75) is 53.9 Å². The Morgan fingerprint density at radius 3 is 2.09 bits per heavy atom. The number of carbonyl (C=O) groups is 2. The number of rotatable bonds is 15. The Hall–Kier alpha value is -4.38. The molecule has 0 N–H and O–H groups in total. The molecule has 0 amide bonds. The summed E-state index contributed by atoms with van der Waals surface area (Å²) in [6, 6.07) is 0. The van der Waals surface area contributed by atoms with E-state index in [2.05, 4.69) is 98.7 Å². The second-order valence-corrected chi connectivity index (χ2v) is 10.3. The van der Waals surface area contributed by atoms with Crippen LogP contribution < -0.4 is 0 Å². The summed E-state index contributed by atoms with van der Waals surface area (Å²) in [6.07, 6.45) is 34.9. The minimum atomic E-state index is -0.446. The van der Waals surface area contributed by atoms with Crippen molar-refractivity contribution in [1.29, 1.82) is 0 Å². The summed E-state index contributed by atoms with van der Waals surface area (Å²) in [5, 5.41) is 0. The van der Waals surface area contributed by atoms with Gasteiger partial charge in [-0.25, -0.2) is 9.59 Å². The molecule has 2 rings (SSSR count). The Bertz CT molecular complexity index is 1320. The highest BCUT2D eigenvalue weighted by Crippen LogP contribution is 2.28. The lowest BCUT2D eigenvalue weighted by Crippen LogP contribution is -2.20. The van der Waals surface area contributed by atoms with E-state index in [1.165, 1.54) is 23.3 Å². The molecule has 0 aromatic carbocycles. The Kier molecular flexibility index (Phi) is 15.3. The molecule has 0 bridgehead atoms. The third-order valence-corrected chi connectivity index (χ3v) is 7.05. The van der Waals surface area contributed by atoms with E-state index in [0.29, 0.717) is 6.42 Å². The number of hydrogen-bond donors (Lipinski definition) is 0. The lowest BCUT2D eigenvalue weighted by Gasteiger charge is -2.29. The van der Waals surface area contributed by atoms with E-state index < -0.39 is 11.9 Å². The quantitative estimate of drug-likeness (QED) is 0.110. The van der Waals surface area contributed by atoms with Crippen molar-refractivity contribution in [2.24, 2.45) is 11.8 Å². The summed E-state index contributed by atoms with van der Waals surface area (Å²) in [6.45, 7) is 17.8. The maximum Gasteiger partial charge on any atom is 0.330 e. The largest absolute Gasteiger partial charge is 0.462 e. The van der Waals surface area contributed by atoms with Gasteiger partial charge in [-0.1, -0.05) is 106 Å². The number of hydrogen-bond acceptors (Lipinski definition) is 5. The van der Waals surface area contributed by atoms with Gasteiger partial charge in [-0.2, -0.15) is 0 Å². The Balaban J connectivity index is 2.38. The molecular formula is C38H47NO4. The predicted octanol–water partition coefficient (Wildman–Crippen LogP) is 8.93. The van der Waals surface area contributed by atoms with Crippen molar-refractivity contribution in [3.8, 4) is 0 Å². The molecule has 43 heavy (non-hydrogen) atoms. The van der Waals surface area contributed by atoms with E-state index in [1.807, 2.05) is 39.0 Å². The van der Waals surface area contributed by atoms with Crippen molar-refractivity contribution >= 4 is 11.9 Å². The average molecular weight is 582 g/mol. The molecule has 0 fully saturated rings. The van der Waals surface area contributed by atoms with Gasteiger partial charge in [0.25, 0.3) is 0 Å². The van der Waals surface area contributed by atoms with Crippen LogP contribution in [0.1, 0.15) is 53.9 Å². The first-order valence-electron chi connectivity index (χ1n) is 15.0. The van der Waals surface area contributed by atoms with Crippen molar-refractivity contribution in [1.82, 2.24) is 4.90 Å². The summed E-state index contributed by atoms with van der Waals surface area (Å²) in [4.78, 5) is 25.4. The van der Waals surface area contributed by atoms with Crippen LogP contribution in [-0.4, -0.2) is 30.1 Å². The highest BCUT2D eigenvalue weighted by molar-refractivity contribution is 5.81. The predicted molar refractivity (Wildman–Crippen MR) is 178 cm³/mol. The van der Waals surface area contributed by atoms with Gasteiger partial charge in [0.15, 0.2) is 0 Å². The topological polar surface area (TPSA) is 55.8 Å². The minimum Gasteiger partial charge on any atom is -0.462 e. The zero-order valence-corrected chi connectivity index (χ0v) is 26.4. The van der Waals surface area contributed by atoms with Crippen LogP contribution in [0.2, 0.25) is 0 Å². The van der Waals surface area contributed by atoms with Crippen LogP contribution in [0.5, 0.6) is 0 Å². The molecule has 5 nitrogen and oxygen atoms in total. The first kappa shape index (κ1) is 34.8. The summed E-state index contributed by atoms with van der Waals surface area (Å²) in [5.74, 6) is -0.640. The molecule has 0 saturated carbocycles. The summed E-state index contributed by atoms with van der Waals surface area (Å²) < 4.78 is 10.5. The van der Waals surface area contributed by atoms with E-state index in [1.54, 1.807) is 0 Å². The van der Waals surface area contributed by atoms with Gasteiger partial charge in [0.1, 0.15) is 6.61 Å². The van der Waals surface area contributed by atoms with E-state index in [-0.39, 0.29) is 25.0 Å². The van der Waals surface area contributed by atoms with Gasteiger partial charge in [-0.3, -0.25) is 0 Å². The number of nitrogens with zero attached hydrogens (tertiary/aromatic N) is 1. The second kappa shape index (κ2) is 18.9.